The smallest absolute Gasteiger partial charge is 0.387 e. The van der Waals surface area contributed by atoms with E-state index in [1.165, 1.54) is 12.1 Å². The van der Waals surface area contributed by atoms with Crippen LogP contribution in [0.5, 0.6) is 5.75 Å². The molecule has 11 heteroatoms. The second-order valence-corrected chi connectivity index (χ2v) is 8.62. The first-order valence-electron chi connectivity index (χ1n) is 8.30. The molecule has 1 heterocycles. The van der Waals surface area contributed by atoms with E-state index in [-0.39, 0.29) is 16.5 Å². The van der Waals surface area contributed by atoms with Crippen LogP contribution in [-0.4, -0.2) is 53.1 Å². The Balaban J connectivity index is 1.81. The second-order valence-electron chi connectivity index (χ2n) is 5.68. The third kappa shape index (κ3) is 6.73. The van der Waals surface area contributed by atoms with Crippen LogP contribution in [0.2, 0.25) is 0 Å². The fourth-order valence-electron chi connectivity index (χ4n) is 2.36. The molecule has 0 amide bonds. The van der Waals surface area contributed by atoms with Gasteiger partial charge in [0.2, 0.25) is 10.0 Å². The fraction of sp³-hybridized carbons (Fsp3) is 0.353. The Morgan fingerprint density at radius 1 is 1.25 bits per heavy atom. The van der Waals surface area contributed by atoms with E-state index in [2.05, 4.69) is 19.8 Å². The highest BCUT2D eigenvalue weighted by molar-refractivity contribution is 7.91. The maximum Gasteiger partial charge on any atom is 0.387 e. The Morgan fingerprint density at radius 2 is 1.96 bits per heavy atom. The van der Waals surface area contributed by atoms with Gasteiger partial charge < -0.3 is 15.0 Å². The van der Waals surface area contributed by atoms with E-state index < -0.39 is 16.6 Å². The summed E-state index contributed by atoms with van der Waals surface area (Å²) in [5.74, 6) is 0.671. The molecule has 154 valence electrons. The molecule has 0 saturated heterocycles. The monoisotopic (exact) mass is 432 g/mol. The van der Waals surface area contributed by atoms with Crippen molar-refractivity contribution in [1.82, 2.24) is 14.9 Å². The summed E-state index contributed by atoms with van der Waals surface area (Å²) in [4.78, 5) is 5.99. The third-order valence-corrected chi connectivity index (χ3v) is 6.46. The summed E-state index contributed by atoms with van der Waals surface area (Å²) in [7, 11) is -0.0599. The molecule has 1 aromatic heterocycles. The van der Waals surface area contributed by atoms with Crippen molar-refractivity contribution in [2.75, 3.05) is 27.2 Å². The number of sulfonamides is 1. The normalized spacial score (nSPS) is 12.2. The van der Waals surface area contributed by atoms with Crippen molar-refractivity contribution in [1.29, 1.82) is 0 Å². The summed E-state index contributed by atoms with van der Waals surface area (Å²) in [5.41, 5.74) is 0.880. The lowest BCUT2D eigenvalue weighted by molar-refractivity contribution is -0.0498. The molecule has 0 atom stereocenters. The lowest BCUT2D eigenvalue weighted by Crippen LogP contribution is -2.42. The Hall–Kier alpha value is -2.24. The molecule has 2 N–H and O–H groups in total. The van der Waals surface area contributed by atoms with Crippen LogP contribution in [-0.2, 0) is 16.6 Å². The molecule has 0 saturated carbocycles. The van der Waals surface area contributed by atoms with Gasteiger partial charge in [0.15, 0.2) is 5.96 Å². The summed E-state index contributed by atoms with van der Waals surface area (Å²) in [5, 5.41) is 4.78. The average Bonchev–Trinajstić information content (AvgIpc) is 3.18. The summed E-state index contributed by atoms with van der Waals surface area (Å²) in [6.45, 7) is -1.82. The van der Waals surface area contributed by atoms with E-state index in [1.54, 1.807) is 36.7 Å². The van der Waals surface area contributed by atoms with Gasteiger partial charge in [0, 0.05) is 33.7 Å². The van der Waals surface area contributed by atoms with Gasteiger partial charge in [0.25, 0.3) is 0 Å². The molecule has 0 spiro atoms. The molecule has 0 bridgehead atoms. The number of aliphatic imine (C=N–C) groups is 1. The number of hydrogen-bond donors (Lipinski definition) is 2. The maximum absolute atomic E-state index is 12.2. The Kier molecular flexibility index (Phi) is 8.15. The van der Waals surface area contributed by atoms with Crippen molar-refractivity contribution in [3.8, 4) is 5.75 Å². The van der Waals surface area contributed by atoms with Gasteiger partial charge >= 0.3 is 6.61 Å². The van der Waals surface area contributed by atoms with Gasteiger partial charge in [-0.05, 0) is 29.1 Å². The molecule has 1 aromatic carbocycles. The highest BCUT2D eigenvalue weighted by Gasteiger charge is 2.14. The number of benzene rings is 1. The first-order valence-corrected chi connectivity index (χ1v) is 10.7. The van der Waals surface area contributed by atoms with Gasteiger partial charge in [0.1, 0.15) is 9.96 Å². The number of rotatable bonds is 9. The zero-order valence-corrected chi connectivity index (χ0v) is 17.1. The lowest BCUT2D eigenvalue weighted by Gasteiger charge is -2.22. The minimum absolute atomic E-state index is 0.0990. The van der Waals surface area contributed by atoms with Crippen LogP contribution in [0.3, 0.4) is 0 Å². The molecule has 2 aromatic rings. The first-order chi connectivity index (χ1) is 13.3. The largest absolute Gasteiger partial charge is 0.435 e. The number of nitrogens with one attached hydrogen (secondary N) is 2. The number of guanidine groups is 1. The number of halogens is 2. The van der Waals surface area contributed by atoms with Crippen LogP contribution in [0.1, 0.15) is 5.56 Å². The first kappa shape index (κ1) is 22.1. The predicted octanol–water partition coefficient (Wildman–Crippen LogP) is 2.34. The summed E-state index contributed by atoms with van der Waals surface area (Å²) < 4.78 is 55.6. The molecule has 0 radical (unpaired) electrons. The highest BCUT2D eigenvalue weighted by Crippen LogP contribution is 2.16. The van der Waals surface area contributed by atoms with Gasteiger partial charge in [-0.15, -0.1) is 11.3 Å². The van der Waals surface area contributed by atoms with Crippen molar-refractivity contribution in [3.05, 3.63) is 47.3 Å². The van der Waals surface area contributed by atoms with Crippen LogP contribution in [0.25, 0.3) is 0 Å². The van der Waals surface area contributed by atoms with E-state index in [9.17, 15) is 17.2 Å². The molecule has 0 fully saturated rings. The Morgan fingerprint density at radius 3 is 2.54 bits per heavy atom. The van der Waals surface area contributed by atoms with Gasteiger partial charge in [-0.25, -0.2) is 13.1 Å². The quantitative estimate of drug-likeness (QED) is 0.361. The number of thiophene rings is 1. The zero-order valence-electron chi connectivity index (χ0n) is 15.4. The van der Waals surface area contributed by atoms with Gasteiger partial charge in [0.05, 0.1) is 0 Å². The van der Waals surface area contributed by atoms with E-state index in [1.807, 2.05) is 11.9 Å². The molecular weight excluding hydrogens is 410 g/mol. The number of hydrogen-bond acceptors (Lipinski definition) is 5. The average molecular weight is 433 g/mol. The molecule has 28 heavy (non-hydrogen) atoms. The van der Waals surface area contributed by atoms with Crippen molar-refractivity contribution in [2.24, 2.45) is 4.99 Å². The maximum atomic E-state index is 12.2. The van der Waals surface area contributed by atoms with E-state index in [0.717, 1.165) is 16.9 Å². The minimum atomic E-state index is -3.49. The van der Waals surface area contributed by atoms with Crippen LogP contribution in [0.15, 0.2) is 51.0 Å². The van der Waals surface area contributed by atoms with E-state index in [4.69, 9.17) is 0 Å². The summed E-state index contributed by atoms with van der Waals surface area (Å²) >= 11 is 1.16. The molecule has 2 rings (SSSR count). The second kappa shape index (κ2) is 10.3. The molecule has 0 aliphatic rings. The molecule has 0 unspecified atom stereocenters. The lowest BCUT2D eigenvalue weighted by atomic mass is 10.2. The summed E-state index contributed by atoms with van der Waals surface area (Å²) in [6, 6.07) is 9.56. The van der Waals surface area contributed by atoms with Crippen molar-refractivity contribution >= 4 is 27.3 Å². The Bertz CT molecular complexity index is 857. The van der Waals surface area contributed by atoms with Crippen LogP contribution in [0, 0.1) is 0 Å². The van der Waals surface area contributed by atoms with Crippen molar-refractivity contribution < 1.29 is 21.9 Å². The summed E-state index contributed by atoms with van der Waals surface area (Å²) in [6.07, 6.45) is 0. The van der Waals surface area contributed by atoms with Crippen LogP contribution >= 0.6 is 11.3 Å². The van der Waals surface area contributed by atoms with Gasteiger partial charge in [-0.2, -0.15) is 8.78 Å². The van der Waals surface area contributed by atoms with E-state index >= 15 is 0 Å². The van der Waals surface area contributed by atoms with Gasteiger partial charge in [-0.1, -0.05) is 18.2 Å². The molecular formula is C17H22F2N4O3S2. The van der Waals surface area contributed by atoms with Crippen molar-refractivity contribution in [3.63, 3.8) is 0 Å². The minimum Gasteiger partial charge on any atom is -0.435 e. The van der Waals surface area contributed by atoms with Gasteiger partial charge in [-0.3, -0.25) is 4.99 Å². The van der Waals surface area contributed by atoms with Crippen LogP contribution < -0.4 is 14.8 Å². The topological polar surface area (TPSA) is 83.0 Å². The molecule has 0 aliphatic carbocycles. The fourth-order valence-corrected chi connectivity index (χ4v) is 4.43. The van der Waals surface area contributed by atoms with Crippen LogP contribution in [0.4, 0.5) is 8.78 Å². The van der Waals surface area contributed by atoms with Crippen molar-refractivity contribution in [2.45, 2.75) is 17.4 Å². The number of alkyl halides is 2. The highest BCUT2D eigenvalue weighted by atomic mass is 32.2. The predicted molar refractivity (Wildman–Crippen MR) is 105 cm³/mol. The zero-order chi connectivity index (χ0) is 20.6. The standard InChI is InChI=1S/C17H22F2N4O3S2/c1-20-17(21-9-10-22-28(24,25)15-4-3-11-27-15)23(2)12-13-5-7-14(8-6-13)26-16(18)19/h3-8,11,16,22H,9-10,12H2,1-2H3,(H,20,21). The Labute approximate surface area is 167 Å². The SMILES string of the molecule is CN=C(NCCNS(=O)(=O)c1cccs1)N(C)Cc1ccc(OC(F)F)cc1. The molecule has 7 nitrogen and oxygen atoms in total. The molecule has 0 aliphatic heterocycles. The third-order valence-electron chi connectivity index (χ3n) is 3.60. The number of ether oxygens (including phenoxy) is 1. The number of nitrogens with zero attached hydrogens (tertiary/aromatic N) is 2. The van der Waals surface area contributed by atoms with E-state index in [0.29, 0.717) is 19.0 Å².